The van der Waals surface area contributed by atoms with Crippen molar-refractivity contribution in [1.82, 2.24) is 14.8 Å². The second-order valence-corrected chi connectivity index (χ2v) is 10.4. The van der Waals surface area contributed by atoms with Gasteiger partial charge in [0.2, 0.25) is 0 Å². The fourth-order valence-corrected chi connectivity index (χ4v) is 5.51. The minimum atomic E-state index is 0.113. The second kappa shape index (κ2) is 11.1. The molecule has 188 valence electrons. The van der Waals surface area contributed by atoms with Crippen LogP contribution in [0, 0.1) is 0 Å². The molecule has 3 heterocycles. The van der Waals surface area contributed by atoms with E-state index < -0.39 is 0 Å². The highest BCUT2D eigenvalue weighted by Crippen LogP contribution is 2.30. The fraction of sp³-hybridized carbons (Fsp3) is 0.357. The molecule has 2 aliphatic heterocycles. The molecule has 8 heteroatoms. The fourth-order valence-electron chi connectivity index (χ4n) is 5.05. The first-order chi connectivity index (χ1) is 17.5. The first-order valence-corrected chi connectivity index (χ1v) is 13.2. The number of amides is 1. The maximum atomic E-state index is 13.3. The van der Waals surface area contributed by atoms with Crippen molar-refractivity contribution in [3.05, 3.63) is 75.9 Å². The van der Waals surface area contributed by atoms with Crippen molar-refractivity contribution in [1.29, 1.82) is 0 Å². The van der Waals surface area contributed by atoms with Crippen molar-refractivity contribution in [3.8, 4) is 16.9 Å². The minimum Gasteiger partial charge on any atom is -0.485 e. The largest absolute Gasteiger partial charge is 0.485 e. The smallest absolute Gasteiger partial charge is 0.254 e. The third kappa shape index (κ3) is 5.61. The van der Waals surface area contributed by atoms with Gasteiger partial charge in [-0.2, -0.15) is 0 Å². The van der Waals surface area contributed by atoms with Crippen molar-refractivity contribution < 1.29 is 9.53 Å². The van der Waals surface area contributed by atoms with Gasteiger partial charge in [0.1, 0.15) is 6.61 Å². The summed E-state index contributed by atoms with van der Waals surface area (Å²) in [5.74, 6) is 0.886. The molecule has 0 spiro atoms. The molecular formula is C28H30Cl2N4O2. The average molecular weight is 525 g/mol. The van der Waals surface area contributed by atoms with E-state index in [4.69, 9.17) is 33.7 Å². The molecule has 0 radical (unpaired) electrons. The number of aromatic nitrogens is 1. The van der Waals surface area contributed by atoms with Crippen LogP contribution in [0.5, 0.6) is 5.75 Å². The molecule has 2 saturated heterocycles. The van der Waals surface area contributed by atoms with Gasteiger partial charge in [-0.25, -0.2) is 4.98 Å². The Hall–Kier alpha value is -2.80. The van der Waals surface area contributed by atoms with Crippen molar-refractivity contribution in [2.75, 3.05) is 31.9 Å². The summed E-state index contributed by atoms with van der Waals surface area (Å²) in [5, 5.41) is 1.10. The number of nitrogens with two attached hydrogens (primary N) is 1. The van der Waals surface area contributed by atoms with E-state index in [-0.39, 0.29) is 12.5 Å². The number of benzene rings is 2. The number of carbonyl (C=O) groups is 1. The number of anilines is 1. The van der Waals surface area contributed by atoms with E-state index in [0.29, 0.717) is 33.2 Å². The number of hydrogen-bond acceptors (Lipinski definition) is 5. The zero-order valence-corrected chi connectivity index (χ0v) is 21.6. The number of nitrogens with zero attached hydrogens (tertiary/aromatic N) is 3. The molecule has 0 saturated carbocycles. The number of hydrogen-bond donors (Lipinski definition) is 1. The number of carbonyl (C=O) groups excluding carboxylic acids is 1. The lowest BCUT2D eigenvalue weighted by molar-refractivity contribution is 0.0709. The van der Waals surface area contributed by atoms with E-state index in [2.05, 4.69) is 14.8 Å². The molecule has 2 aliphatic rings. The lowest BCUT2D eigenvalue weighted by Gasteiger charge is -2.28. The zero-order chi connectivity index (χ0) is 25.1. The molecule has 1 amide bonds. The maximum Gasteiger partial charge on any atom is 0.254 e. The van der Waals surface area contributed by atoms with Gasteiger partial charge in [0.15, 0.2) is 11.6 Å². The summed E-state index contributed by atoms with van der Waals surface area (Å²) in [5.41, 5.74) is 9.36. The number of ether oxygens (including phenoxy) is 1. The molecule has 2 N–H and O–H groups in total. The van der Waals surface area contributed by atoms with Gasteiger partial charge in [-0.1, -0.05) is 41.4 Å². The Kier molecular flexibility index (Phi) is 7.65. The molecular weight excluding hydrogens is 495 g/mol. The van der Waals surface area contributed by atoms with Gasteiger partial charge >= 0.3 is 0 Å². The monoisotopic (exact) mass is 524 g/mol. The Morgan fingerprint density at radius 2 is 1.78 bits per heavy atom. The topological polar surface area (TPSA) is 71.7 Å². The standard InChI is InChI=1S/C28H30Cl2N4O2/c29-23-10-9-21(25(30)15-23)18-36-26-14-22(16-32-27(26)31)19-5-7-20(8-6-19)28(35)34-13-3-4-24(34)17-33-11-1-2-12-33/h5-10,14-16,24H,1-4,11-13,17-18H2,(H2,31,32)/t24-/m0/s1. The van der Waals surface area contributed by atoms with E-state index >= 15 is 0 Å². The molecule has 0 bridgehead atoms. The highest BCUT2D eigenvalue weighted by Gasteiger charge is 2.31. The van der Waals surface area contributed by atoms with Crippen LogP contribution in [0.15, 0.2) is 54.7 Å². The van der Waals surface area contributed by atoms with Gasteiger partial charge in [0.05, 0.1) is 0 Å². The highest BCUT2D eigenvalue weighted by molar-refractivity contribution is 6.35. The normalized spacial score (nSPS) is 18.1. The van der Waals surface area contributed by atoms with Crippen LogP contribution in [0.4, 0.5) is 5.82 Å². The molecule has 1 atom stereocenters. The summed E-state index contributed by atoms with van der Waals surface area (Å²) in [6.07, 6.45) is 6.40. The Morgan fingerprint density at radius 1 is 1.00 bits per heavy atom. The van der Waals surface area contributed by atoms with Gasteiger partial charge in [-0.05, 0) is 74.7 Å². The van der Waals surface area contributed by atoms with Crippen LogP contribution in [0.25, 0.3) is 11.1 Å². The third-order valence-corrected chi connectivity index (χ3v) is 7.64. The summed E-state index contributed by atoms with van der Waals surface area (Å²) in [4.78, 5) is 22.1. The highest BCUT2D eigenvalue weighted by atomic mass is 35.5. The molecule has 36 heavy (non-hydrogen) atoms. The summed E-state index contributed by atoms with van der Waals surface area (Å²) >= 11 is 12.2. The summed E-state index contributed by atoms with van der Waals surface area (Å²) < 4.78 is 5.92. The van der Waals surface area contributed by atoms with E-state index in [0.717, 1.165) is 55.7 Å². The van der Waals surface area contributed by atoms with Crippen molar-refractivity contribution >= 4 is 34.9 Å². The molecule has 3 aromatic rings. The van der Waals surface area contributed by atoms with Crippen LogP contribution in [0.2, 0.25) is 10.0 Å². The van der Waals surface area contributed by atoms with Gasteiger partial charge in [-0.3, -0.25) is 4.79 Å². The minimum absolute atomic E-state index is 0.113. The van der Waals surface area contributed by atoms with Crippen LogP contribution < -0.4 is 10.5 Å². The summed E-state index contributed by atoms with van der Waals surface area (Å²) in [7, 11) is 0. The van der Waals surface area contributed by atoms with E-state index in [9.17, 15) is 4.79 Å². The number of pyridine rings is 1. The quantitative estimate of drug-likeness (QED) is 0.415. The molecule has 2 fully saturated rings. The Morgan fingerprint density at radius 3 is 2.53 bits per heavy atom. The predicted molar refractivity (Wildman–Crippen MR) is 145 cm³/mol. The van der Waals surface area contributed by atoms with Crippen molar-refractivity contribution in [2.24, 2.45) is 0 Å². The number of halogens is 2. The van der Waals surface area contributed by atoms with Gasteiger partial charge in [0.25, 0.3) is 5.91 Å². The predicted octanol–water partition coefficient (Wildman–Crippen LogP) is 5.92. The average Bonchev–Trinajstić information content (AvgIpc) is 3.57. The zero-order valence-electron chi connectivity index (χ0n) is 20.1. The number of nitrogen functional groups attached to an aromatic ring is 1. The van der Waals surface area contributed by atoms with Crippen molar-refractivity contribution in [2.45, 2.75) is 38.3 Å². The second-order valence-electron chi connectivity index (χ2n) is 9.51. The molecule has 1 aromatic heterocycles. The Labute approximate surface area is 222 Å². The van der Waals surface area contributed by atoms with Crippen LogP contribution in [-0.2, 0) is 6.61 Å². The van der Waals surface area contributed by atoms with Crippen molar-refractivity contribution in [3.63, 3.8) is 0 Å². The molecule has 6 nitrogen and oxygen atoms in total. The first kappa shape index (κ1) is 24.9. The number of rotatable bonds is 7. The van der Waals surface area contributed by atoms with Crippen LogP contribution in [0.3, 0.4) is 0 Å². The van der Waals surface area contributed by atoms with Gasteiger partial charge < -0.3 is 20.3 Å². The Bertz CT molecular complexity index is 1230. The SMILES string of the molecule is Nc1ncc(-c2ccc(C(=O)N3CCC[C@H]3CN3CCCC3)cc2)cc1OCc1ccc(Cl)cc1Cl. The summed E-state index contributed by atoms with van der Waals surface area (Å²) in [6.45, 7) is 4.38. The molecule has 2 aromatic carbocycles. The van der Waals surface area contributed by atoms with Crippen LogP contribution in [0.1, 0.15) is 41.6 Å². The van der Waals surface area contributed by atoms with Gasteiger partial charge in [-0.15, -0.1) is 0 Å². The van der Waals surface area contributed by atoms with Gasteiger partial charge in [0, 0.05) is 52.1 Å². The number of likely N-dealkylation sites (tertiary alicyclic amines) is 2. The summed E-state index contributed by atoms with van der Waals surface area (Å²) in [6, 6.07) is 15.1. The van der Waals surface area contributed by atoms with E-state index in [1.54, 1.807) is 18.3 Å². The van der Waals surface area contributed by atoms with Crippen LogP contribution >= 0.6 is 23.2 Å². The first-order valence-electron chi connectivity index (χ1n) is 12.4. The Balaban J connectivity index is 1.27. The molecule has 5 rings (SSSR count). The van der Waals surface area contributed by atoms with E-state index in [1.807, 2.05) is 36.4 Å². The molecule has 0 unspecified atom stereocenters. The lowest BCUT2D eigenvalue weighted by atomic mass is 10.0. The maximum absolute atomic E-state index is 13.3. The molecule has 0 aliphatic carbocycles. The lowest BCUT2D eigenvalue weighted by Crippen LogP contribution is -2.42. The third-order valence-electron chi connectivity index (χ3n) is 7.05. The van der Waals surface area contributed by atoms with Crippen LogP contribution in [-0.4, -0.2) is 52.9 Å². The van der Waals surface area contributed by atoms with E-state index in [1.165, 1.54) is 12.8 Å².